The lowest BCUT2D eigenvalue weighted by molar-refractivity contribution is -0.00549. The van der Waals surface area contributed by atoms with Gasteiger partial charge < -0.3 is 15.0 Å². The molecule has 0 radical (unpaired) electrons. The highest BCUT2D eigenvalue weighted by atomic mass is 16.5. The van der Waals surface area contributed by atoms with E-state index in [0.29, 0.717) is 5.92 Å². The summed E-state index contributed by atoms with van der Waals surface area (Å²) in [7, 11) is 0. The third-order valence-corrected chi connectivity index (χ3v) is 3.71. The monoisotopic (exact) mass is 291 g/mol. The van der Waals surface area contributed by atoms with Crippen LogP contribution in [0.25, 0.3) is 0 Å². The maximum absolute atomic E-state index is 5.80. The highest BCUT2D eigenvalue weighted by Crippen LogP contribution is 2.22. The van der Waals surface area contributed by atoms with E-state index in [0.717, 1.165) is 32.0 Å². The molecular weight excluding hydrogens is 262 g/mol. The van der Waals surface area contributed by atoms with Crippen molar-refractivity contribution in [1.82, 2.24) is 10.3 Å². The maximum Gasteiger partial charge on any atom is 0.131 e. The summed E-state index contributed by atoms with van der Waals surface area (Å²) in [5, 5.41) is 3.47. The van der Waals surface area contributed by atoms with Gasteiger partial charge in [0.1, 0.15) is 5.82 Å². The van der Waals surface area contributed by atoms with Crippen molar-refractivity contribution in [2.45, 2.75) is 53.4 Å². The topological polar surface area (TPSA) is 37.4 Å². The lowest BCUT2D eigenvalue weighted by Crippen LogP contribution is -2.46. The van der Waals surface area contributed by atoms with E-state index in [4.69, 9.17) is 9.72 Å². The van der Waals surface area contributed by atoms with E-state index in [1.54, 1.807) is 0 Å². The smallest absolute Gasteiger partial charge is 0.131 e. The molecule has 2 atom stereocenters. The fourth-order valence-electron chi connectivity index (χ4n) is 2.91. The van der Waals surface area contributed by atoms with Gasteiger partial charge in [-0.15, -0.1) is 0 Å². The van der Waals surface area contributed by atoms with E-state index < -0.39 is 0 Å². The summed E-state index contributed by atoms with van der Waals surface area (Å²) >= 11 is 0. The minimum absolute atomic E-state index is 0.266. The van der Waals surface area contributed by atoms with Gasteiger partial charge in [-0.2, -0.15) is 0 Å². The van der Waals surface area contributed by atoms with Crippen LogP contribution in [0.3, 0.4) is 0 Å². The molecule has 0 aromatic carbocycles. The summed E-state index contributed by atoms with van der Waals surface area (Å²) < 4.78 is 5.80. The molecule has 0 amide bonds. The second kappa shape index (κ2) is 7.23. The molecule has 2 heterocycles. The molecule has 1 aromatic heterocycles. The molecule has 0 bridgehead atoms. The van der Waals surface area contributed by atoms with E-state index >= 15 is 0 Å². The Morgan fingerprint density at radius 2 is 2.00 bits per heavy atom. The summed E-state index contributed by atoms with van der Waals surface area (Å²) in [5.41, 5.74) is 2.51. The highest BCUT2D eigenvalue weighted by molar-refractivity contribution is 5.48. The van der Waals surface area contributed by atoms with Crippen LogP contribution in [0.15, 0.2) is 12.3 Å². The van der Waals surface area contributed by atoms with Crippen LogP contribution in [0.2, 0.25) is 0 Å². The molecule has 118 valence electrons. The minimum atomic E-state index is 0.266. The molecule has 0 aliphatic carbocycles. The van der Waals surface area contributed by atoms with Gasteiger partial charge in [-0.3, -0.25) is 0 Å². The van der Waals surface area contributed by atoms with Gasteiger partial charge in [-0.25, -0.2) is 4.98 Å². The number of ether oxygens (including phenoxy) is 1. The van der Waals surface area contributed by atoms with Gasteiger partial charge in [0, 0.05) is 25.8 Å². The van der Waals surface area contributed by atoms with Crippen LogP contribution in [0.5, 0.6) is 0 Å². The van der Waals surface area contributed by atoms with Crippen molar-refractivity contribution in [3.8, 4) is 0 Å². The minimum Gasteiger partial charge on any atom is -0.372 e. The Morgan fingerprint density at radius 3 is 2.57 bits per heavy atom. The predicted molar refractivity (Wildman–Crippen MR) is 87.7 cm³/mol. The zero-order chi connectivity index (χ0) is 15.4. The average molecular weight is 291 g/mol. The van der Waals surface area contributed by atoms with Gasteiger partial charge in [0.15, 0.2) is 0 Å². The van der Waals surface area contributed by atoms with Crippen molar-refractivity contribution in [3.63, 3.8) is 0 Å². The van der Waals surface area contributed by atoms with Gasteiger partial charge in [0.05, 0.1) is 12.2 Å². The van der Waals surface area contributed by atoms with E-state index in [1.807, 2.05) is 6.20 Å². The van der Waals surface area contributed by atoms with E-state index in [2.05, 4.69) is 50.9 Å². The van der Waals surface area contributed by atoms with Gasteiger partial charge >= 0.3 is 0 Å². The molecule has 1 aromatic rings. The summed E-state index contributed by atoms with van der Waals surface area (Å²) in [4.78, 5) is 7.05. The normalized spacial score (nSPS) is 22.9. The predicted octanol–water partition coefficient (Wildman–Crippen LogP) is 2.75. The summed E-state index contributed by atoms with van der Waals surface area (Å²) in [6.07, 6.45) is 2.53. The van der Waals surface area contributed by atoms with Crippen LogP contribution >= 0.6 is 0 Å². The van der Waals surface area contributed by atoms with Crippen LogP contribution in [-0.2, 0) is 11.3 Å². The van der Waals surface area contributed by atoms with E-state index in [9.17, 15) is 0 Å². The van der Waals surface area contributed by atoms with Crippen molar-refractivity contribution < 1.29 is 4.74 Å². The van der Waals surface area contributed by atoms with Gasteiger partial charge in [-0.1, -0.05) is 13.8 Å². The van der Waals surface area contributed by atoms with Crippen molar-refractivity contribution in [2.24, 2.45) is 5.92 Å². The summed E-state index contributed by atoms with van der Waals surface area (Å²) in [5.74, 6) is 1.78. The lowest BCUT2D eigenvalue weighted by Gasteiger charge is -2.36. The number of morpholine rings is 1. The number of hydrogen-bond donors (Lipinski definition) is 1. The van der Waals surface area contributed by atoms with Crippen LogP contribution < -0.4 is 10.2 Å². The fourth-order valence-corrected chi connectivity index (χ4v) is 2.91. The number of aromatic nitrogens is 1. The molecule has 1 N–H and O–H groups in total. The SMILES string of the molecule is Cc1cc(CNCC(C)C)cnc1N1C[C@@H](C)O[C@@H](C)C1. The largest absolute Gasteiger partial charge is 0.372 e. The molecule has 1 fully saturated rings. The number of anilines is 1. The van der Waals surface area contributed by atoms with Crippen LogP contribution in [0.4, 0.5) is 5.82 Å². The molecular formula is C17H29N3O. The Balaban J connectivity index is 2.01. The average Bonchev–Trinajstić information content (AvgIpc) is 2.37. The standard InChI is InChI=1S/C17H29N3O/c1-12(2)7-18-8-16-6-13(3)17(19-9-16)20-10-14(4)21-15(5)11-20/h6,9,12,14-15,18H,7-8,10-11H2,1-5H3/t14-,15+. The number of nitrogens with zero attached hydrogens (tertiary/aromatic N) is 2. The first-order chi connectivity index (χ1) is 9.95. The van der Waals surface area contributed by atoms with Crippen LogP contribution in [0.1, 0.15) is 38.8 Å². The Labute approximate surface area is 128 Å². The van der Waals surface area contributed by atoms with Crippen LogP contribution in [-0.4, -0.2) is 36.8 Å². The van der Waals surface area contributed by atoms with Crippen molar-refractivity contribution >= 4 is 5.82 Å². The van der Waals surface area contributed by atoms with E-state index in [-0.39, 0.29) is 12.2 Å². The third-order valence-electron chi connectivity index (χ3n) is 3.71. The summed E-state index contributed by atoms with van der Waals surface area (Å²) in [6.45, 7) is 14.6. The number of hydrogen-bond acceptors (Lipinski definition) is 4. The fraction of sp³-hybridized carbons (Fsp3) is 0.706. The van der Waals surface area contributed by atoms with Crippen LogP contribution in [0, 0.1) is 12.8 Å². The first-order valence-electron chi connectivity index (χ1n) is 8.02. The Hall–Kier alpha value is -1.13. The molecule has 1 aliphatic rings. The molecule has 2 rings (SSSR count). The molecule has 0 spiro atoms. The maximum atomic E-state index is 5.80. The van der Waals surface area contributed by atoms with Crippen molar-refractivity contribution in [3.05, 3.63) is 23.4 Å². The number of aryl methyl sites for hydroxylation is 1. The Bertz CT molecular complexity index is 451. The zero-order valence-electron chi connectivity index (χ0n) is 14.0. The first-order valence-corrected chi connectivity index (χ1v) is 8.02. The highest BCUT2D eigenvalue weighted by Gasteiger charge is 2.24. The Kier molecular flexibility index (Phi) is 5.59. The van der Waals surface area contributed by atoms with Crippen molar-refractivity contribution in [2.75, 3.05) is 24.5 Å². The first kappa shape index (κ1) is 16.2. The quantitative estimate of drug-likeness (QED) is 0.905. The summed E-state index contributed by atoms with van der Waals surface area (Å²) in [6, 6.07) is 2.25. The molecule has 21 heavy (non-hydrogen) atoms. The van der Waals surface area contributed by atoms with Crippen molar-refractivity contribution in [1.29, 1.82) is 0 Å². The molecule has 4 nitrogen and oxygen atoms in total. The molecule has 0 unspecified atom stereocenters. The Morgan fingerprint density at radius 1 is 1.33 bits per heavy atom. The van der Waals surface area contributed by atoms with Gasteiger partial charge in [-0.05, 0) is 50.4 Å². The van der Waals surface area contributed by atoms with E-state index in [1.165, 1.54) is 11.1 Å². The molecule has 4 heteroatoms. The zero-order valence-corrected chi connectivity index (χ0v) is 14.0. The second-order valence-corrected chi connectivity index (χ2v) is 6.67. The van der Waals surface area contributed by atoms with Gasteiger partial charge in [0.2, 0.25) is 0 Å². The number of pyridine rings is 1. The molecule has 1 aliphatic heterocycles. The molecule has 1 saturated heterocycles. The third kappa shape index (κ3) is 4.68. The molecule has 0 saturated carbocycles. The number of rotatable bonds is 5. The lowest BCUT2D eigenvalue weighted by atomic mass is 10.1. The number of nitrogens with one attached hydrogen (secondary N) is 1. The van der Waals surface area contributed by atoms with Gasteiger partial charge in [0.25, 0.3) is 0 Å². The second-order valence-electron chi connectivity index (χ2n) is 6.67.